The standard InChI is InChI=1S/C14H19Br2N/c1-2-6-17-14(10-4-3-5-10)11-7-12(15)9-13(16)8-11/h7-10,14,17H,2-6H2,1H3. The first-order valence-corrected chi connectivity index (χ1v) is 7.98. The van der Waals surface area contributed by atoms with Crippen LogP contribution in [-0.4, -0.2) is 6.54 Å². The van der Waals surface area contributed by atoms with Crippen molar-refractivity contribution in [2.75, 3.05) is 6.54 Å². The molecule has 0 heterocycles. The van der Waals surface area contributed by atoms with Crippen LogP contribution in [0.15, 0.2) is 27.1 Å². The summed E-state index contributed by atoms with van der Waals surface area (Å²) in [4.78, 5) is 0. The predicted octanol–water partition coefficient (Wildman–Crippen LogP) is 5.05. The van der Waals surface area contributed by atoms with E-state index < -0.39 is 0 Å². The smallest absolute Gasteiger partial charge is 0.0349 e. The zero-order valence-electron chi connectivity index (χ0n) is 10.2. The molecule has 1 aliphatic carbocycles. The van der Waals surface area contributed by atoms with Gasteiger partial charge in [-0.05, 0) is 55.5 Å². The van der Waals surface area contributed by atoms with Gasteiger partial charge >= 0.3 is 0 Å². The van der Waals surface area contributed by atoms with Crippen LogP contribution in [0.3, 0.4) is 0 Å². The molecule has 0 aliphatic heterocycles. The van der Waals surface area contributed by atoms with Crippen LogP contribution in [0.25, 0.3) is 0 Å². The minimum atomic E-state index is 0.525. The summed E-state index contributed by atoms with van der Waals surface area (Å²) in [5.74, 6) is 0.822. The van der Waals surface area contributed by atoms with Gasteiger partial charge in [-0.15, -0.1) is 0 Å². The fourth-order valence-corrected chi connectivity index (χ4v) is 3.71. The summed E-state index contributed by atoms with van der Waals surface area (Å²) in [7, 11) is 0. The van der Waals surface area contributed by atoms with E-state index in [1.165, 1.54) is 31.2 Å². The molecule has 0 bridgehead atoms. The van der Waals surface area contributed by atoms with Gasteiger partial charge in [-0.1, -0.05) is 45.2 Å². The van der Waals surface area contributed by atoms with E-state index in [1.807, 2.05) is 0 Å². The van der Waals surface area contributed by atoms with Gasteiger partial charge in [0.05, 0.1) is 0 Å². The Labute approximate surface area is 121 Å². The molecular weight excluding hydrogens is 342 g/mol. The van der Waals surface area contributed by atoms with Crippen LogP contribution in [0, 0.1) is 5.92 Å². The lowest BCUT2D eigenvalue weighted by molar-refractivity contribution is 0.231. The predicted molar refractivity (Wildman–Crippen MR) is 80.2 cm³/mol. The van der Waals surface area contributed by atoms with Crippen molar-refractivity contribution in [3.8, 4) is 0 Å². The van der Waals surface area contributed by atoms with Gasteiger partial charge in [0.25, 0.3) is 0 Å². The second kappa shape index (κ2) is 6.35. The molecule has 1 aromatic rings. The first-order valence-electron chi connectivity index (χ1n) is 6.40. The van der Waals surface area contributed by atoms with E-state index in [0.717, 1.165) is 21.4 Å². The molecule has 0 radical (unpaired) electrons. The topological polar surface area (TPSA) is 12.0 Å². The fourth-order valence-electron chi connectivity index (χ4n) is 2.38. The Morgan fingerprint density at radius 2 is 1.88 bits per heavy atom. The van der Waals surface area contributed by atoms with Crippen molar-refractivity contribution >= 4 is 31.9 Å². The minimum absolute atomic E-state index is 0.525. The molecule has 1 nitrogen and oxygen atoms in total. The van der Waals surface area contributed by atoms with E-state index in [9.17, 15) is 0 Å². The summed E-state index contributed by atoms with van der Waals surface area (Å²) in [6, 6.07) is 7.12. The Kier molecular flexibility index (Phi) is 5.07. The van der Waals surface area contributed by atoms with Crippen molar-refractivity contribution in [3.63, 3.8) is 0 Å². The molecule has 1 saturated carbocycles. The molecule has 94 valence electrons. The molecule has 1 unspecified atom stereocenters. The number of rotatable bonds is 5. The molecule has 1 N–H and O–H groups in total. The maximum absolute atomic E-state index is 3.70. The molecule has 0 amide bonds. The normalized spacial score (nSPS) is 17.8. The molecule has 1 fully saturated rings. The van der Waals surface area contributed by atoms with Gasteiger partial charge in [0.15, 0.2) is 0 Å². The van der Waals surface area contributed by atoms with Gasteiger partial charge in [0, 0.05) is 15.0 Å². The third kappa shape index (κ3) is 3.55. The van der Waals surface area contributed by atoms with Crippen molar-refractivity contribution in [3.05, 3.63) is 32.7 Å². The summed E-state index contributed by atoms with van der Waals surface area (Å²) in [6.45, 7) is 3.33. The van der Waals surface area contributed by atoms with Crippen LogP contribution >= 0.6 is 31.9 Å². The van der Waals surface area contributed by atoms with Crippen molar-refractivity contribution in [2.45, 2.75) is 38.6 Å². The fraction of sp³-hybridized carbons (Fsp3) is 0.571. The number of hydrogen-bond donors (Lipinski definition) is 1. The molecular formula is C14H19Br2N. The zero-order valence-corrected chi connectivity index (χ0v) is 13.4. The molecule has 17 heavy (non-hydrogen) atoms. The zero-order chi connectivity index (χ0) is 12.3. The Balaban J connectivity index is 2.17. The van der Waals surface area contributed by atoms with E-state index in [2.05, 4.69) is 62.3 Å². The Morgan fingerprint density at radius 1 is 1.24 bits per heavy atom. The van der Waals surface area contributed by atoms with E-state index in [4.69, 9.17) is 0 Å². The number of nitrogens with one attached hydrogen (secondary N) is 1. The van der Waals surface area contributed by atoms with Crippen LogP contribution in [-0.2, 0) is 0 Å². The minimum Gasteiger partial charge on any atom is -0.310 e. The summed E-state index contributed by atoms with van der Waals surface area (Å²) in [5, 5.41) is 3.70. The quantitative estimate of drug-likeness (QED) is 0.774. The number of hydrogen-bond acceptors (Lipinski definition) is 1. The van der Waals surface area contributed by atoms with Crippen LogP contribution < -0.4 is 5.32 Å². The van der Waals surface area contributed by atoms with Crippen molar-refractivity contribution in [1.82, 2.24) is 5.32 Å². The monoisotopic (exact) mass is 359 g/mol. The summed E-state index contributed by atoms with van der Waals surface area (Å²) >= 11 is 7.16. The lowest BCUT2D eigenvalue weighted by atomic mass is 9.77. The number of halogens is 2. The average Bonchev–Trinajstić information content (AvgIpc) is 2.19. The molecule has 2 rings (SSSR count). The Hall–Kier alpha value is 0.140. The van der Waals surface area contributed by atoms with Gasteiger partial charge in [-0.3, -0.25) is 0 Å². The van der Waals surface area contributed by atoms with E-state index in [0.29, 0.717) is 6.04 Å². The molecule has 1 aliphatic rings. The highest BCUT2D eigenvalue weighted by molar-refractivity contribution is 9.11. The average molecular weight is 361 g/mol. The van der Waals surface area contributed by atoms with Crippen LogP contribution in [0.2, 0.25) is 0 Å². The highest BCUT2D eigenvalue weighted by Crippen LogP contribution is 2.39. The van der Waals surface area contributed by atoms with Crippen molar-refractivity contribution in [1.29, 1.82) is 0 Å². The first-order chi connectivity index (χ1) is 8.20. The van der Waals surface area contributed by atoms with Gasteiger partial charge in [0.2, 0.25) is 0 Å². The highest BCUT2D eigenvalue weighted by Gasteiger charge is 2.28. The lowest BCUT2D eigenvalue weighted by Crippen LogP contribution is -2.32. The van der Waals surface area contributed by atoms with Crippen molar-refractivity contribution < 1.29 is 0 Å². The molecule has 1 atom stereocenters. The Morgan fingerprint density at radius 3 is 2.35 bits per heavy atom. The molecule has 0 aromatic heterocycles. The second-order valence-electron chi connectivity index (χ2n) is 4.83. The summed E-state index contributed by atoms with van der Waals surface area (Å²) in [6.07, 6.45) is 5.32. The molecule has 1 aromatic carbocycles. The first kappa shape index (κ1) is 13.6. The highest BCUT2D eigenvalue weighted by atomic mass is 79.9. The largest absolute Gasteiger partial charge is 0.310 e. The van der Waals surface area contributed by atoms with Gasteiger partial charge in [-0.25, -0.2) is 0 Å². The van der Waals surface area contributed by atoms with Gasteiger partial charge < -0.3 is 5.32 Å². The summed E-state index contributed by atoms with van der Waals surface area (Å²) < 4.78 is 2.31. The van der Waals surface area contributed by atoms with Crippen LogP contribution in [0.5, 0.6) is 0 Å². The van der Waals surface area contributed by atoms with Gasteiger partial charge in [-0.2, -0.15) is 0 Å². The number of benzene rings is 1. The van der Waals surface area contributed by atoms with Crippen LogP contribution in [0.1, 0.15) is 44.2 Å². The van der Waals surface area contributed by atoms with Crippen LogP contribution in [0.4, 0.5) is 0 Å². The van der Waals surface area contributed by atoms with Gasteiger partial charge in [0.1, 0.15) is 0 Å². The maximum atomic E-state index is 3.70. The van der Waals surface area contributed by atoms with E-state index >= 15 is 0 Å². The van der Waals surface area contributed by atoms with Crippen molar-refractivity contribution in [2.24, 2.45) is 5.92 Å². The molecule has 3 heteroatoms. The lowest BCUT2D eigenvalue weighted by Gasteiger charge is -2.35. The third-order valence-electron chi connectivity index (χ3n) is 3.48. The maximum Gasteiger partial charge on any atom is 0.0349 e. The Bertz CT molecular complexity index is 354. The molecule has 0 saturated heterocycles. The second-order valence-corrected chi connectivity index (χ2v) is 6.66. The van der Waals surface area contributed by atoms with E-state index in [1.54, 1.807) is 0 Å². The summed E-state index contributed by atoms with van der Waals surface area (Å²) in [5.41, 5.74) is 1.41. The van der Waals surface area contributed by atoms with E-state index in [-0.39, 0.29) is 0 Å². The molecule has 0 spiro atoms. The third-order valence-corrected chi connectivity index (χ3v) is 4.40. The SMILES string of the molecule is CCCNC(c1cc(Br)cc(Br)c1)C1CCC1.